The van der Waals surface area contributed by atoms with Crippen LogP contribution >= 0.6 is 11.3 Å². The van der Waals surface area contributed by atoms with Crippen LogP contribution in [0.2, 0.25) is 0 Å². The quantitative estimate of drug-likeness (QED) is 0.736. The van der Waals surface area contributed by atoms with Gasteiger partial charge in [-0.25, -0.2) is 12.7 Å². The summed E-state index contributed by atoms with van der Waals surface area (Å²) in [5.74, 6) is 0.288. The molecule has 0 radical (unpaired) electrons. The van der Waals surface area contributed by atoms with Gasteiger partial charge in [0.2, 0.25) is 15.9 Å². The van der Waals surface area contributed by atoms with Crippen molar-refractivity contribution in [3.63, 3.8) is 0 Å². The highest BCUT2D eigenvalue weighted by Crippen LogP contribution is 2.41. The Morgan fingerprint density at radius 2 is 2.00 bits per heavy atom. The van der Waals surface area contributed by atoms with Crippen molar-refractivity contribution in [2.75, 3.05) is 31.9 Å². The van der Waals surface area contributed by atoms with Crippen LogP contribution in [0, 0.1) is 5.41 Å². The second-order valence-electron chi connectivity index (χ2n) is 7.11. The maximum atomic E-state index is 12.3. The van der Waals surface area contributed by atoms with Crippen molar-refractivity contribution in [1.82, 2.24) is 9.21 Å². The van der Waals surface area contributed by atoms with Crippen LogP contribution in [0.1, 0.15) is 38.2 Å². The van der Waals surface area contributed by atoms with Crippen molar-refractivity contribution in [1.29, 1.82) is 0 Å². The standard InChI is InChI=1S/C18H26N2O3S2/c1-2-13-25(22,23)20-11-8-18(15-20)6-9-19(10-7-18)17(21)4-3-16-5-12-24-14-16/h3-5,12,14H,2,6-11,13,15H2,1H3. The molecule has 1 aromatic rings. The first kappa shape index (κ1) is 18.6. The summed E-state index contributed by atoms with van der Waals surface area (Å²) < 4.78 is 26.2. The second kappa shape index (κ2) is 7.60. The zero-order valence-corrected chi connectivity index (χ0v) is 16.3. The summed E-state index contributed by atoms with van der Waals surface area (Å²) in [7, 11) is -3.11. The summed E-state index contributed by atoms with van der Waals surface area (Å²) in [6.45, 7) is 4.59. The number of carbonyl (C=O) groups excluding carboxylic acids is 1. The lowest BCUT2D eigenvalue weighted by molar-refractivity contribution is -0.128. The summed E-state index contributed by atoms with van der Waals surface area (Å²) in [6, 6.07) is 1.99. The molecule has 1 amide bonds. The van der Waals surface area contributed by atoms with E-state index in [1.807, 2.05) is 34.7 Å². The molecule has 0 aromatic carbocycles. The van der Waals surface area contributed by atoms with Crippen molar-refractivity contribution >= 4 is 33.3 Å². The predicted molar refractivity (Wildman–Crippen MR) is 102 cm³/mol. The Balaban J connectivity index is 1.54. The lowest BCUT2D eigenvalue weighted by Gasteiger charge is -2.39. The molecule has 0 bridgehead atoms. The normalized spacial score (nSPS) is 21.4. The number of amides is 1. The van der Waals surface area contributed by atoms with Crippen LogP contribution < -0.4 is 0 Å². The molecule has 1 aromatic heterocycles. The first-order valence-electron chi connectivity index (χ1n) is 8.91. The van der Waals surface area contributed by atoms with Gasteiger partial charge in [0.1, 0.15) is 0 Å². The van der Waals surface area contributed by atoms with Crippen LogP contribution in [0.25, 0.3) is 6.08 Å². The number of carbonyl (C=O) groups is 1. The molecule has 138 valence electrons. The maximum Gasteiger partial charge on any atom is 0.246 e. The van der Waals surface area contributed by atoms with E-state index in [1.54, 1.807) is 21.7 Å². The van der Waals surface area contributed by atoms with Crippen LogP contribution in [0.4, 0.5) is 0 Å². The summed E-state index contributed by atoms with van der Waals surface area (Å²) in [5.41, 5.74) is 1.12. The van der Waals surface area contributed by atoms with E-state index in [-0.39, 0.29) is 17.1 Å². The Kier molecular flexibility index (Phi) is 5.65. The van der Waals surface area contributed by atoms with Crippen molar-refractivity contribution in [3.05, 3.63) is 28.5 Å². The van der Waals surface area contributed by atoms with E-state index in [9.17, 15) is 13.2 Å². The van der Waals surface area contributed by atoms with Crippen molar-refractivity contribution in [2.24, 2.45) is 5.41 Å². The highest BCUT2D eigenvalue weighted by Gasteiger charge is 2.44. The fourth-order valence-electron chi connectivity index (χ4n) is 3.77. The fourth-order valence-corrected chi connectivity index (χ4v) is 6.01. The van der Waals surface area contributed by atoms with E-state index < -0.39 is 10.0 Å². The number of sulfonamides is 1. The SMILES string of the molecule is CCCS(=O)(=O)N1CCC2(CCN(C(=O)C=Cc3ccsc3)CC2)C1. The average molecular weight is 383 g/mol. The van der Waals surface area contributed by atoms with E-state index in [0.717, 1.165) is 24.8 Å². The van der Waals surface area contributed by atoms with Gasteiger partial charge >= 0.3 is 0 Å². The maximum absolute atomic E-state index is 12.3. The van der Waals surface area contributed by atoms with Crippen LogP contribution in [0.15, 0.2) is 22.9 Å². The Labute approximate surface area is 154 Å². The number of likely N-dealkylation sites (tertiary alicyclic amines) is 1. The monoisotopic (exact) mass is 382 g/mol. The van der Waals surface area contributed by atoms with Gasteiger partial charge in [0.25, 0.3) is 0 Å². The zero-order chi connectivity index (χ0) is 17.9. The minimum Gasteiger partial charge on any atom is -0.339 e. The largest absolute Gasteiger partial charge is 0.339 e. The van der Waals surface area contributed by atoms with E-state index in [4.69, 9.17) is 0 Å². The molecule has 25 heavy (non-hydrogen) atoms. The molecule has 5 nitrogen and oxygen atoms in total. The smallest absolute Gasteiger partial charge is 0.246 e. The molecule has 0 aliphatic carbocycles. The van der Waals surface area contributed by atoms with Gasteiger partial charge in [-0.1, -0.05) is 6.92 Å². The van der Waals surface area contributed by atoms with Gasteiger partial charge in [-0.05, 0) is 59.6 Å². The third-order valence-electron chi connectivity index (χ3n) is 5.36. The van der Waals surface area contributed by atoms with E-state index in [1.165, 1.54) is 0 Å². The van der Waals surface area contributed by atoms with Gasteiger partial charge in [0.05, 0.1) is 5.75 Å². The summed E-state index contributed by atoms with van der Waals surface area (Å²) in [5, 5.41) is 4.01. The van der Waals surface area contributed by atoms with Gasteiger partial charge in [-0.3, -0.25) is 4.79 Å². The van der Waals surface area contributed by atoms with E-state index in [2.05, 4.69) is 0 Å². The first-order valence-corrected chi connectivity index (χ1v) is 11.5. The molecule has 2 saturated heterocycles. The van der Waals surface area contributed by atoms with E-state index >= 15 is 0 Å². The van der Waals surface area contributed by atoms with E-state index in [0.29, 0.717) is 32.6 Å². The van der Waals surface area contributed by atoms with Gasteiger partial charge in [0.15, 0.2) is 0 Å². The Morgan fingerprint density at radius 3 is 2.64 bits per heavy atom. The topological polar surface area (TPSA) is 57.7 Å². The molecule has 0 N–H and O–H groups in total. The number of hydrogen-bond donors (Lipinski definition) is 0. The molecule has 3 rings (SSSR count). The van der Waals surface area contributed by atoms with Crippen LogP contribution in [0.3, 0.4) is 0 Å². The lowest BCUT2D eigenvalue weighted by Crippen LogP contribution is -2.44. The molecule has 3 heterocycles. The highest BCUT2D eigenvalue weighted by atomic mass is 32.2. The summed E-state index contributed by atoms with van der Waals surface area (Å²) in [6.07, 6.45) is 6.87. The first-order chi connectivity index (χ1) is 11.9. The Morgan fingerprint density at radius 1 is 1.28 bits per heavy atom. The van der Waals surface area contributed by atoms with Crippen LogP contribution in [0.5, 0.6) is 0 Å². The van der Waals surface area contributed by atoms with Crippen LogP contribution in [-0.2, 0) is 14.8 Å². The Hall–Kier alpha value is -1.18. The number of nitrogens with zero attached hydrogens (tertiary/aromatic N) is 2. The Bertz CT molecular complexity index is 718. The van der Waals surface area contributed by atoms with Crippen molar-refractivity contribution in [3.8, 4) is 0 Å². The molecule has 0 saturated carbocycles. The molecule has 2 aliphatic heterocycles. The van der Waals surface area contributed by atoms with Gasteiger partial charge in [-0.15, -0.1) is 0 Å². The van der Waals surface area contributed by atoms with Crippen LogP contribution in [-0.4, -0.2) is 55.5 Å². The number of piperidine rings is 1. The predicted octanol–water partition coefficient (Wildman–Crippen LogP) is 2.82. The van der Waals surface area contributed by atoms with Gasteiger partial charge in [-0.2, -0.15) is 11.3 Å². The van der Waals surface area contributed by atoms with Crippen molar-refractivity contribution in [2.45, 2.75) is 32.6 Å². The number of rotatable bonds is 5. The summed E-state index contributed by atoms with van der Waals surface area (Å²) >= 11 is 1.62. The minimum atomic E-state index is -3.11. The van der Waals surface area contributed by atoms with Gasteiger partial charge < -0.3 is 4.90 Å². The molecule has 2 fully saturated rings. The molecule has 0 unspecified atom stereocenters. The highest BCUT2D eigenvalue weighted by molar-refractivity contribution is 7.89. The molecule has 0 atom stereocenters. The summed E-state index contributed by atoms with van der Waals surface area (Å²) in [4.78, 5) is 14.2. The average Bonchev–Trinajstić information content (AvgIpc) is 3.24. The molecular weight excluding hydrogens is 356 g/mol. The minimum absolute atomic E-state index is 0.0505. The fraction of sp³-hybridized carbons (Fsp3) is 0.611. The number of thiophene rings is 1. The number of hydrogen-bond acceptors (Lipinski definition) is 4. The zero-order valence-electron chi connectivity index (χ0n) is 14.7. The van der Waals surface area contributed by atoms with Crippen molar-refractivity contribution < 1.29 is 13.2 Å². The molecular formula is C18H26N2O3S2. The molecule has 7 heteroatoms. The van der Waals surface area contributed by atoms with Gasteiger partial charge in [0, 0.05) is 32.3 Å². The lowest BCUT2D eigenvalue weighted by atomic mass is 9.78. The molecule has 2 aliphatic rings. The molecule has 1 spiro atoms. The third-order valence-corrected chi connectivity index (χ3v) is 8.08. The second-order valence-corrected chi connectivity index (χ2v) is 9.98. The third kappa shape index (κ3) is 4.33.